The Morgan fingerprint density at radius 1 is 1.20 bits per heavy atom. The van der Waals surface area contributed by atoms with Gasteiger partial charge in [0, 0.05) is 21.7 Å². The van der Waals surface area contributed by atoms with Gasteiger partial charge < -0.3 is 5.32 Å². The van der Waals surface area contributed by atoms with Crippen molar-refractivity contribution in [1.82, 2.24) is 5.32 Å². The maximum Gasteiger partial charge on any atom is 0.123 e. The van der Waals surface area contributed by atoms with Crippen molar-refractivity contribution in [2.75, 3.05) is 12.8 Å². The molecule has 2 aromatic rings. The van der Waals surface area contributed by atoms with Gasteiger partial charge in [0.2, 0.25) is 0 Å². The molecule has 0 heterocycles. The van der Waals surface area contributed by atoms with Gasteiger partial charge in [-0.05, 0) is 49.9 Å². The van der Waals surface area contributed by atoms with Crippen LogP contribution in [0.1, 0.15) is 17.2 Å². The molecule has 1 nitrogen and oxygen atoms in total. The van der Waals surface area contributed by atoms with Crippen LogP contribution in [0.2, 0.25) is 5.02 Å². The number of hydrogen-bond donors (Lipinski definition) is 1. The van der Waals surface area contributed by atoms with E-state index in [0.29, 0.717) is 5.02 Å². The van der Waals surface area contributed by atoms with Crippen LogP contribution in [0.5, 0.6) is 0 Å². The van der Waals surface area contributed by atoms with Gasteiger partial charge in [-0.2, -0.15) is 0 Å². The molecule has 0 saturated heterocycles. The molecule has 0 aliphatic carbocycles. The summed E-state index contributed by atoms with van der Waals surface area (Å²) < 4.78 is 13.4. The van der Waals surface area contributed by atoms with Crippen molar-refractivity contribution < 1.29 is 4.39 Å². The molecule has 1 N–H and O–H groups in total. The van der Waals surface area contributed by atoms with Crippen molar-refractivity contribution in [1.29, 1.82) is 0 Å². The fourth-order valence-corrected chi connectivity index (χ4v) is 3.21. The summed E-state index contributed by atoms with van der Waals surface area (Å²) in [4.78, 5) is 1.20. The van der Waals surface area contributed by atoms with Crippen molar-refractivity contribution in [3.05, 3.63) is 64.4 Å². The molecule has 20 heavy (non-hydrogen) atoms. The molecule has 0 amide bonds. The Morgan fingerprint density at radius 2 is 1.90 bits per heavy atom. The summed E-state index contributed by atoms with van der Waals surface area (Å²) in [5, 5.41) is 3.79. The zero-order valence-corrected chi connectivity index (χ0v) is 13.1. The molecule has 0 radical (unpaired) electrons. The summed E-state index contributed by atoms with van der Waals surface area (Å²) >= 11 is 7.88. The molecule has 2 rings (SSSR count). The Balaban J connectivity index is 2.09. The predicted octanol–water partition coefficient (Wildman–Crippen LogP) is 4.84. The Hall–Kier alpha value is -1.03. The van der Waals surface area contributed by atoms with Crippen LogP contribution in [-0.4, -0.2) is 12.8 Å². The highest BCUT2D eigenvalue weighted by Gasteiger charge is 2.14. The number of thioether (sulfide) groups is 1. The van der Waals surface area contributed by atoms with E-state index < -0.39 is 0 Å². The summed E-state index contributed by atoms with van der Waals surface area (Å²) in [7, 11) is 1.86. The van der Waals surface area contributed by atoms with E-state index >= 15 is 0 Å². The molecular weight excluding hydrogens is 293 g/mol. The van der Waals surface area contributed by atoms with Crippen molar-refractivity contribution in [3.63, 3.8) is 0 Å². The minimum Gasteiger partial charge on any atom is -0.312 e. The van der Waals surface area contributed by atoms with Gasteiger partial charge in [-0.25, -0.2) is 4.39 Å². The quantitative estimate of drug-likeness (QED) is 0.793. The summed E-state index contributed by atoms with van der Waals surface area (Å²) in [5.74, 6) is 0.535. The number of nitrogens with one attached hydrogen (secondary N) is 1. The Bertz CT molecular complexity index is 571. The fraction of sp³-hybridized carbons (Fsp3) is 0.250. The first kappa shape index (κ1) is 15.4. The second kappa shape index (κ2) is 7.11. The third kappa shape index (κ3) is 3.98. The molecule has 0 aliphatic rings. The second-order valence-electron chi connectivity index (χ2n) is 4.63. The standard InChI is InChI=1S/C16H17ClFNS/c1-11-3-6-13(7-4-11)20-10-16(19-2)14-9-12(18)5-8-15(14)17/h3-9,16,19H,10H2,1-2H3. The Kier molecular flexibility index (Phi) is 5.46. The second-order valence-corrected chi connectivity index (χ2v) is 6.13. The lowest BCUT2D eigenvalue weighted by molar-refractivity contribution is 0.611. The van der Waals surface area contributed by atoms with Gasteiger partial charge in [-0.1, -0.05) is 29.3 Å². The lowest BCUT2D eigenvalue weighted by Gasteiger charge is -2.18. The van der Waals surface area contributed by atoms with Crippen LogP contribution in [0.15, 0.2) is 47.4 Å². The molecule has 1 atom stereocenters. The molecular formula is C16H17ClFNS. The van der Waals surface area contributed by atoms with Crippen LogP contribution in [0.4, 0.5) is 4.39 Å². The van der Waals surface area contributed by atoms with Gasteiger partial charge >= 0.3 is 0 Å². The zero-order valence-electron chi connectivity index (χ0n) is 11.5. The van der Waals surface area contributed by atoms with E-state index in [1.807, 2.05) is 7.05 Å². The number of hydrogen-bond acceptors (Lipinski definition) is 2. The highest BCUT2D eigenvalue weighted by molar-refractivity contribution is 7.99. The third-order valence-corrected chi connectivity index (χ3v) is 4.57. The molecule has 0 spiro atoms. The van der Waals surface area contributed by atoms with Crippen molar-refractivity contribution in [2.45, 2.75) is 17.9 Å². The molecule has 0 aromatic heterocycles. The maximum atomic E-state index is 13.4. The van der Waals surface area contributed by atoms with Crippen molar-refractivity contribution >= 4 is 23.4 Å². The van der Waals surface area contributed by atoms with Crippen LogP contribution in [0.25, 0.3) is 0 Å². The number of rotatable bonds is 5. The van der Waals surface area contributed by atoms with Gasteiger partial charge in [-0.15, -0.1) is 11.8 Å². The SMILES string of the molecule is CNC(CSc1ccc(C)cc1)c1cc(F)ccc1Cl. The van der Waals surface area contributed by atoms with E-state index in [1.54, 1.807) is 17.8 Å². The fourth-order valence-electron chi connectivity index (χ4n) is 1.92. The van der Waals surface area contributed by atoms with Crippen LogP contribution < -0.4 is 5.32 Å². The molecule has 0 bridgehead atoms. The van der Waals surface area contributed by atoms with E-state index in [-0.39, 0.29) is 11.9 Å². The van der Waals surface area contributed by atoms with Crippen LogP contribution in [0, 0.1) is 12.7 Å². The average Bonchev–Trinajstić information content (AvgIpc) is 2.45. The summed E-state index contributed by atoms with van der Waals surface area (Å²) in [5.41, 5.74) is 2.04. The van der Waals surface area contributed by atoms with Gasteiger partial charge in [0.05, 0.1) is 0 Å². The highest BCUT2D eigenvalue weighted by Crippen LogP contribution is 2.29. The number of halogens is 2. The Labute approximate surface area is 128 Å². The molecule has 4 heteroatoms. The lowest BCUT2D eigenvalue weighted by Crippen LogP contribution is -2.19. The van der Waals surface area contributed by atoms with Gasteiger partial charge in [0.15, 0.2) is 0 Å². The Morgan fingerprint density at radius 3 is 2.55 bits per heavy atom. The van der Waals surface area contributed by atoms with E-state index in [9.17, 15) is 4.39 Å². The molecule has 2 aromatic carbocycles. The van der Waals surface area contributed by atoms with E-state index in [2.05, 4.69) is 36.5 Å². The molecule has 0 aliphatic heterocycles. The van der Waals surface area contributed by atoms with E-state index in [1.165, 1.54) is 22.6 Å². The van der Waals surface area contributed by atoms with Crippen LogP contribution >= 0.6 is 23.4 Å². The number of aryl methyl sites for hydroxylation is 1. The molecule has 106 valence electrons. The first-order chi connectivity index (χ1) is 9.60. The van der Waals surface area contributed by atoms with Gasteiger partial charge in [0.25, 0.3) is 0 Å². The largest absolute Gasteiger partial charge is 0.312 e. The maximum absolute atomic E-state index is 13.4. The van der Waals surface area contributed by atoms with E-state index in [0.717, 1.165) is 11.3 Å². The van der Waals surface area contributed by atoms with Crippen LogP contribution in [0.3, 0.4) is 0 Å². The molecule has 0 saturated carbocycles. The predicted molar refractivity (Wildman–Crippen MR) is 85.1 cm³/mol. The summed E-state index contributed by atoms with van der Waals surface area (Å²) in [6.07, 6.45) is 0. The zero-order chi connectivity index (χ0) is 14.5. The van der Waals surface area contributed by atoms with Gasteiger partial charge in [-0.3, -0.25) is 0 Å². The number of benzene rings is 2. The smallest absolute Gasteiger partial charge is 0.123 e. The molecule has 0 fully saturated rings. The molecule has 1 unspecified atom stereocenters. The minimum atomic E-state index is -0.259. The monoisotopic (exact) mass is 309 g/mol. The summed E-state index contributed by atoms with van der Waals surface area (Å²) in [6.45, 7) is 2.07. The van der Waals surface area contributed by atoms with E-state index in [4.69, 9.17) is 11.6 Å². The normalized spacial score (nSPS) is 12.4. The van der Waals surface area contributed by atoms with Crippen LogP contribution in [-0.2, 0) is 0 Å². The summed E-state index contributed by atoms with van der Waals surface area (Å²) in [6, 6.07) is 12.9. The third-order valence-electron chi connectivity index (χ3n) is 3.12. The minimum absolute atomic E-state index is 0.0181. The first-order valence-electron chi connectivity index (χ1n) is 6.42. The van der Waals surface area contributed by atoms with Crippen molar-refractivity contribution in [3.8, 4) is 0 Å². The average molecular weight is 310 g/mol. The highest BCUT2D eigenvalue weighted by atomic mass is 35.5. The van der Waals surface area contributed by atoms with Crippen molar-refractivity contribution in [2.24, 2.45) is 0 Å². The van der Waals surface area contributed by atoms with Gasteiger partial charge in [0.1, 0.15) is 5.82 Å². The first-order valence-corrected chi connectivity index (χ1v) is 7.78. The lowest BCUT2D eigenvalue weighted by atomic mass is 10.1. The topological polar surface area (TPSA) is 12.0 Å².